The highest BCUT2D eigenvalue weighted by Crippen LogP contribution is 2.41. The number of nitrogens with two attached hydrogens (primary N) is 1. The topological polar surface area (TPSA) is 74.5 Å². The molecular weight excluding hydrogens is 540 g/mol. The Labute approximate surface area is 254 Å². The Bertz CT molecular complexity index is 2400. The van der Waals surface area contributed by atoms with Crippen molar-refractivity contribution < 1.29 is 0 Å². The van der Waals surface area contributed by atoms with Gasteiger partial charge in [0.15, 0.2) is 0 Å². The number of allylic oxidation sites excluding steroid dienone is 3. The lowest BCUT2D eigenvalue weighted by molar-refractivity contribution is 1.13. The van der Waals surface area contributed by atoms with Gasteiger partial charge in [-0.2, -0.15) is 0 Å². The van der Waals surface area contributed by atoms with Crippen LogP contribution in [0.3, 0.4) is 0 Å². The maximum absolute atomic E-state index is 6.15. The molecule has 8 rings (SSSR count). The van der Waals surface area contributed by atoms with Crippen molar-refractivity contribution in [3.8, 4) is 22.5 Å². The number of rotatable bonds is 5. The van der Waals surface area contributed by atoms with Gasteiger partial charge in [-0.1, -0.05) is 54.6 Å². The Morgan fingerprint density at radius 3 is 2.20 bits per heavy atom. The van der Waals surface area contributed by atoms with Gasteiger partial charge in [-0.25, -0.2) is 4.98 Å². The summed E-state index contributed by atoms with van der Waals surface area (Å²) in [5.41, 5.74) is 16.4. The fourth-order valence-electron chi connectivity index (χ4n) is 6.41. The molecule has 0 amide bonds. The molecule has 0 unspecified atom stereocenters. The van der Waals surface area contributed by atoms with Crippen molar-refractivity contribution in [2.45, 2.75) is 6.92 Å². The summed E-state index contributed by atoms with van der Waals surface area (Å²) >= 11 is 0. The zero-order valence-corrected chi connectivity index (χ0v) is 24.1. The molecule has 5 aromatic heterocycles. The van der Waals surface area contributed by atoms with E-state index in [1.165, 1.54) is 0 Å². The smallest absolute Gasteiger partial charge is 0.147 e. The van der Waals surface area contributed by atoms with E-state index in [-0.39, 0.29) is 0 Å². The van der Waals surface area contributed by atoms with E-state index in [1.807, 2.05) is 49.9 Å². The van der Waals surface area contributed by atoms with Crippen LogP contribution < -0.4 is 5.73 Å². The molecule has 0 aliphatic rings. The summed E-state index contributed by atoms with van der Waals surface area (Å²) in [6.07, 6.45) is 15.1. The first-order valence-corrected chi connectivity index (χ1v) is 14.6. The minimum absolute atomic E-state index is 0.885. The van der Waals surface area contributed by atoms with Crippen molar-refractivity contribution in [2.24, 2.45) is 5.73 Å². The van der Waals surface area contributed by atoms with E-state index in [0.29, 0.717) is 0 Å². The molecule has 0 radical (unpaired) electrons. The third kappa shape index (κ3) is 3.92. The Morgan fingerprint density at radius 2 is 1.45 bits per heavy atom. The van der Waals surface area contributed by atoms with Gasteiger partial charge in [0.25, 0.3) is 0 Å². The normalized spacial score (nSPS) is 12.3. The maximum Gasteiger partial charge on any atom is 0.147 e. The Balaban J connectivity index is 1.53. The summed E-state index contributed by atoms with van der Waals surface area (Å²) < 4.78 is 4.61. The van der Waals surface area contributed by atoms with Gasteiger partial charge in [-0.15, -0.1) is 0 Å². The van der Waals surface area contributed by atoms with Crippen LogP contribution in [0.25, 0.3) is 71.8 Å². The standard InChI is InChI=1S/C38H28N6/c1-2-8-25(22-39)27-19-28(26-9-7-16-41-23-26)21-30(20-27)44-35-13-6-4-11-32(35)36-37-33(24-42-38(36)44)31-10-3-5-12-34(31)43(37)29-14-17-40-18-15-29/h2-24H,39H2,1H3/b8-2-,25-22+. The van der Waals surface area contributed by atoms with Crippen LogP contribution in [0.2, 0.25) is 0 Å². The zero-order chi connectivity index (χ0) is 29.6. The summed E-state index contributed by atoms with van der Waals surface area (Å²) in [6, 6.07) is 31.8. The molecule has 0 atom stereocenters. The Morgan fingerprint density at radius 1 is 0.682 bits per heavy atom. The van der Waals surface area contributed by atoms with Crippen LogP contribution in [0.5, 0.6) is 0 Å². The Hall–Kier alpha value is -6.01. The van der Waals surface area contributed by atoms with Gasteiger partial charge in [-0.05, 0) is 72.2 Å². The van der Waals surface area contributed by atoms with Gasteiger partial charge in [-0.3, -0.25) is 14.5 Å². The summed E-state index contributed by atoms with van der Waals surface area (Å²) in [6.45, 7) is 2.00. The third-order valence-electron chi connectivity index (χ3n) is 8.27. The number of hydrogen-bond donors (Lipinski definition) is 1. The fourth-order valence-corrected chi connectivity index (χ4v) is 6.41. The molecule has 5 heterocycles. The van der Waals surface area contributed by atoms with Crippen molar-refractivity contribution >= 4 is 49.3 Å². The van der Waals surface area contributed by atoms with Crippen molar-refractivity contribution in [1.29, 1.82) is 0 Å². The molecule has 3 aromatic carbocycles. The van der Waals surface area contributed by atoms with Gasteiger partial charge >= 0.3 is 0 Å². The average Bonchev–Trinajstić information content (AvgIpc) is 3.61. The number of pyridine rings is 3. The van der Waals surface area contributed by atoms with Crippen molar-refractivity contribution in [3.05, 3.63) is 146 Å². The van der Waals surface area contributed by atoms with E-state index in [9.17, 15) is 0 Å². The molecule has 8 aromatic rings. The molecule has 0 aliphatic heterocycles. The largest absolute Gasteiger partial charge is 0.404 e. The predicted molar refractivity (Wildman–Crippen MR) is 181 cm³/mol. The SMILES string of the molecule is C/C=C\C(=C/N)c1cc(-c2cccnc2)cc(-n2c3ccccc3c3c2ncc2c4ccccc4n(-c4ccncc4)c23)c1. The van der Waals surface area contributed by atoms with Crippen LogP contribution in [-0.4, -0.2) is 24.1 Å². The molecule has 2 N–H and O–H groups in total. The summed E-state index contributed by atoms with van der Waals surface area (Å²) in [7, 11) is 0. The molecule has 0 bridgehead atoms. The number of fused-ring (bicyclic) bond motifs is 7. The fraction of sp³-hybridized carbons (Fsp3) is 0.0263. The van der Waals surface area contributed by atoms with Gasteiger partial charge in [0.05, 0.1) is 21.9 Å². The quantitative estimate of drug-likeness (QED) is 0.211. The number of hydrogen-bond acceptors (Lipinski definition) is 4. The molecule has 0 spiro atoms. The predicted octanol–water partition coefficient (Wildman–Crippen LogP) is 8.61. The van der Waals surface area contributed by atoms with Crippen LogP contribution in [-0.2, 0) is 0 Å². The van der Waals surface area contributed by atoms with Crippen molar-refractivity contribution in [3.63, 3.8) is 0 Å². The average molecular weight is 569 g/mol. The minimum Gasteiger partial charge on any atom is -0.404 e. The second kappa shape index (κ2) is 10.4. The summed E-state index contributed by atoms with van der Waals surface area (Å²) in [4.78, 5) is 13.9. The summed E-state index contributed by atoms with van der Waals surface area (Å²) in [5.74, 6) is 0. The lowest BCUT2D eigenvalue weighted by Crippen LogP contribution is -1.99. The molecule has 6 heteroatoms. The second-order valence-electron chi connectivity index (χ2n) is 10.8. The van der Waals surface area contributed by atoms with Crippen LogP contribution in [0.4, 0.5) is 0 Å². The van der Waals surface area contributed by atoms with Crippen LogP contribution in [0.15, 0.2) is 140 Å². The first-order valence-electron chi connectivity index (χ1n) is 14.6. The number of aromatic nitrogens is 5. The lowest BCUT2D eigenvalue weighted by atomic mass is 9.98. The van der Waals surface area contributed by atoms with Crippen molar-refractivity contribution in [2.75, 3.05) is 0 Å². The highest BCUT2D eigenvalue weighted by molar-refractivity contribution is 6.25. The van der Waals surface area contributed by atoms with E-state index >= 15 is 0 Å². The molecule has 210 valence electrons. The highest BCUT2D eigenvalue weighted by Gasteiger charge is 2.22. The molecular formula is C38H28N6. The maximum atomic E-state index is 6.15. The van der Waals surface area contributed by atoms with Crippen LogP contribution in [0, 0.1) is 0 Å². The summed E-state index contributed by atoms with van der Waals surface area (Å²) in [5, 5.41) is 4.51. The zero-order valence-electron chi connectivity index (χ0n) is 24.1. The molecule has 0 aliphatic carbocycles. The third-order valence-corrected chi connectivity index (χ3v) is 8.27. The first-order chi connectivity index (χ1) is 21.8. The molecule has 0 saturated carbocycles. The first kappa shape index (κ1) is 25.7. The molecule has 6 nitrogen and oxygen atoms in total. The van der Waals surface area contributed by atoms with Crippen LogP contribution in [0.1, 0.15) is 12.5 Å². The van der Waals surface area contributed by atoms with Crippen molar-refractivity contribution in [1.82, 2.24) is 24.1 Å². The van der Waals surface area contributed by atoms with E-state index < -0.39 is 0 Å². The van der Waals surface area contributed by atoms with E-state index in [2.05, 4.69) is 104 Å². The number of nitrogens with zero attached hydrogens (tertiary/aromatic N) is 5. The van der Waals surface area contributed by atoms with Crippen LogP contribution >= 0.6 is 0 Å². The lowest BCUT2D eigenvalue weighted by Gasteiger charge is -2.14. The number of para-hydroxylation sites is 2. The number of benzene rings is 3. The minimum atomic E-state index is 0.885. The van der Waals surface area contributed by atoms with Gasteiger partial charge < -0.3 is 10.3 Å². The molecule has 0 saturated heterocycles. The molecule has 0 fully saturated rings. The van der Waals surface area contributed by atoms with Gasteiger partial charge in [0.1, 0.15) is 5.65 Å². The molecule has 44 heavy (non-hydrogen) atoms. The van der Waals surface area contributed by atoms with Gasteiger partial charge in [0, 0.05) is 70.3 Å². The Kier molecular flexibility index (Phi) is 6.05. The van der Waals surface area contributed by atoms with E-state index in [1.54, 1.807) is 12.4 Å². The highest BCUT2D eigenvalue weighted by atomic mass is 15.1. The van der Waals surface area contributed by atoms with Gasteiger partial charge in [0.2, 0.25) is 0 Å². The van der Waals surface area contributed by atoms with E-state index in [0.717, 1.165) is 77.4 Å². The second-order valence-corrected chi connectivity index (χ2v) is 10.8. The van der Waals surface area contributed by atoms with E-state index in [4.69, 9.17) is 10.7 Å². The monoisotopic (exact) mass is 568 g/mol.